The Morgan fingerprint density at radius 3 is 2.53 bits per heavy atom. The molecule has 2 rings (SSSR count). The molecule has 1 N–H and O–H groups in total. The number of hydrogen-bond acceptors (Lipinski definition) is 1. The van der Waals surface area contributed by atoms with E-state index in [1.807, 2.05) is 0 Å². The fourth-order valence-electron chi connectivity index (χ4n) is 3.32. The molecule has 2 fully saturated rings. The van der Waals surface area contributed by atoms with Crippen molar-refractivity contribution < 1.29 is 0 Å². The molecule has 0 spiro atoms. The molecular weight excluding hydrogens is 182 g/mol. The first-order valence-electron chi connectivity index (χ1n) is 7.04. The Morgan fingerprint density at radius 1 is 1.20 bits per heavy atom. The SMILES string of the molecule is CCNC(CCC1CC1)C1CCCC1C. The Labute approximate surface area is 95.0 Å². The van der Waals surface area contributed by atoms with Crippen molar-refractivity contribution in [3.63, 3.8) is 0 Å². The minimum atomic E-state index is 0.827. The van der Waals surface area contributed by atoms with Crippen molar-refractivity contribution in [3.05, 3.63) is 0 Å². The lowest BCUT2D eigenvalue weighted by molar-refractivity contribution is 0.280. The largest absolute Gasteiger partial charge is 0.314 e. The molecule has 3 atom stereocenters. The van der Waals surface area contributed by atoms with Gasteiger partial charge in [-0.1, -0.05) is 39.5 Å². The maximum Gasteiger partial charge on any atom is 0.00978 e. The van der Waals surface area contributed by atoms with Crippen molar-refractivity contribution in [2.75, 3.05) is 6.54 Å². The summed E-state index contributed by atoms with van der Waals surface area (Å²) in [6.45, 7) is 5.86. The van der Waals surface area contributed by atoms with Gasteiger partial charge in [0.05, 0.1) is 0 Å². The van der Waals surface area contributed by atoms with Crippen molar-refractivity contribution in [2.45, 2.75) is 64.8 Å². The molecule has 0 heterocycles. The minimum Gasteiger partial charge on any atom is -0.314 e. The van der Waals surface area contributed by atoms with Gasteiger partial charge in [-0.15, -0.1) is 0 Å². The highest BCUT2D eigenvalue weighted by Crippen LogP contribution is 2.38. The van der Waals surface area contributed by atoms with E-state index in [4.69, 9.17) is 0 Å². The van der Waals surface area contributed by atoms with Gasteiger partial charge in [0.1, 0.15) is 0 Å². The van der Waals surface area contributed by atoms with E-state index in [9.17, 15) is 0 Å². The molecule has 3 unspecified atom stereocenters. The van der Waals surface area contributed by atoms with Crippen LogP contribution >= 0.6 is 0 Å². The van der Waals surface area contributed by atoms with Crippen molar-refractivity contribution >= 4 is 0 Å². The first kappa shape index (κ1) is 11.4. The highest BCUT2D eigenvalue weighted by atomic mass is 14.9. The Hall–Kier alpha value is -0.0400. The van der Waals surface area contributed by atoms with Crippen molar-refractivity contribution in [2.24, 2.45) is 17.8 Å². The van der Waals surface area contributed by atoms with Gasteiger partial charge in [0.2, 0.25) is 0 Å². The molecule has 0 saturated heterocycles. The molecule has 2 aliphatic rings. The molecule has 0 aromatic heterocycles. The van der Waals surface area contributed by atoms with Gasteiger partial charge in [-0.3, -0.25) is 0 Å². The molecule has 0 radical (unpaired) electrons. The Balaban J connectivity index is 1.79. The van der Waals surface area contributed by atoms with Crippen LogP contribution in [0.5, 0.6) is 0 Å². The molecule has 0 aliphatic heterocycles. The van der Waals surface area contributed by atoms with Crippen LogP contribution in [0, 0.1) is 17.8 Å². The molecule has 15 heavy (non-hydrogen) atoms. The van der Waals surface area contributed by atoms with Crippen LogP contribution in [0.15, 0.2) is 0 Å². The van der Waals surface area contributed by atoms with Crippen LogP contribution in [0.3, 0.4) is 0 Å². The maximum atomic E-state index is 3.74. The monoisotopic (exact) mass is 209 g/mol. The predicted octanol–water partition coefficient (Wildman–Crippen LogP) is 3.59. The summed E-state index contributed by atoms with van der Waals surface area (Å²) in [6, 6.07) is 0.827. The summed E-state index contributed by atoms with van der Waals surface area (Å²) in [7, 11) is 0. The standard InChI is InChI=1S/C14H27N/c1-3-15-14(10-9-12-7-8-12)13-6-4-5-11(13)2/h11-15H,3-10H2,1-2H3. The fraction of sp³-hybridized carbons (Fsp3) is 1.00. The first-order chi connectivity index (χ1) is 7.31. The Kier molecular flexibility index (Phi) is 4.07. The zero-order valence-corrected chi connectivity index (χ0v) is 10.5. The average Bonchev–Trinajstić information content (AvgIpc) is 2.96. The molecule has 1 nitrogen and oxygen atoms in total. The van der Waals surface area contributed by atoms with Crippen LogP contribution in [0.1, 0.15) is 58.8 Å². The second kappa shape index (κ2) is 5.34. The first-order valence-corrected chi connectivity index (χ1v) is 7.04. The van der Waals surface area contributed by atoms with E-state index in [0.29, 0.717) is 0 Å². The normalized spacial score (nSPS) is 33.2. The van der Waals surface area contributed by atoms with Crippen LogP contribution in [-0.2, 0) is 0 Å². The number of nitrogens with one attached hydrogen (secondary N) is 1. The maximum absolute atomic E-state index is 3.74. The Bertz CT molecular complexity index is 186. The smallest absolute Gasteiger partial charge is 0.00978 e. The summed E-state index contributed by atoms with van der Waals surface area (Å²) < 4.78 is 0. The summed E-state index contributed by atoms with van der Waals surface area (Å²) in [4.78, 5) is 0. The van der Waals surface area contributed by atoms with Gasteiger partial charge < -0.3 is 5.32 Å². The van der Waals surface area contributed by atoms with Crippen LogP contribution in [0.2, 0.25) is 0 Å². The van der Waals surface area contributed by atoms with Gasteiger partial charge in [-0.05, 0) is 43.6 Å². The summed E-state index contributed by atoms with van der Waals surface area (Å²) >= 11 is 0. The van der Waals surface area contributed by atoms with E-state index in [1.165, 1.54) is 44.9 Å². The lowest BCUT2D eigenvalue weighted by atomic mass is 9.87. The minimum absolute atomic E-state index is 0.827. The molecule has 1 heteroatoms. The van der Waals surface area contributed by atoms with Crippen LogP contribution < -0.4 is 5.32 Å². The third-order valence-corrected chi connectivity index (χ3v) is 4.49. The zero-order chi connectivity index (χ0) is 10.7. The topological polar surface area (TPSA) is 12.0 Å². The van der Waals surface area contributed by atoms with Gasteiger partial charge in [0.15, 0.2) is 0 Å². The van der Waals surface area contributed by atoms with Gasteiger partial charge in [0.25, 0.3) is 0 Å². The van der Waals surface area contributed by atoms with Crippen molar-refractivity contribution in [3.8, 4) is 0 Å². The highest BCUT2D eigenvalue weighted by molar-refractivity contribution is 4.86. The average molecular weight is 209 g/mol. The third kappa shape index (κ3) is 3.21. The van der Waals surface area contributed by atoms with E-state index in [-0.39, 0.29) is 0 Å². The summed E-state index contributed by atoms with van der Waals surface area (Å²) in [5, 5.41) is 3.74. The van der Waals surface area contributed by atoms with Crippen LogP contribution in [0.4, 0.5) is 0 Å². The summed E-state index contributed by atoms with van der Waals surface area (Å²) in [5.74, 6) is 3.04. The Morgan fingerprint density at radius 2 is 2.00 bits per heavy atom. The van der Waals surface area contributed by atoms with Gasteiger partial charge in [-0.25, -0.2) is 0 Å². The molecule has 88 valence electrons. The molecule has 0 aromatic carbocycles. The van der Waals surface area contributed by atoms with Gasteiger partial charge in [-0.2, -0.15) is 0 Å². The predicted molar refractivity (Wildman–Crippen MR) is 65.9 cm³/mol. The van der Waals surface area contributed by atoms with Crippen LogP contribution in [-0.4, -0.2) is 12.6 Å². The summed E-state index contributed by atoms with van der Waals surface area (Å²) in [6.07, 6.45) is 10.4. The van der Waals surface area contributed by atoms with Gasteiger partial charge >= 0.3 is 0 Å². The lowest BCUT2D eigenvalue weighted by Gasteiger charge is -2.27. The molecule has 0 amide bonds. The van der Waals surface area contributed by atoms with Crippen LogP contribution in [0.25, 0.3) is 0 Å². The third-order valence-electron chi connectivity index (χ3n) is 4.49. The zero-order valence-electron chi connectivity index (χ0n) is 10.5. The van der Waals surface area contributed by atoms with E-state index in [0.717, 1.165) is 30.3 Å². The number of rotatable bonds is 6. The lowest BCUT2D eigenvalue weighted by Crippen LogP contribution is -2.37. The second-order valence-corrected chi connectivity index (χ2v) is 5.76. The number of hydrogen-bond donors (Lipinski definition) is 1. The molecule has 0 aromatic rings. The quantitative estimate of drug-likeness (QED) is 0.705. The van der Waals surface area contributed by atoms with Crippen molar-refractivity contribution in [1.29, 1.82) is 0 Å². The molecular formula is C14H27N. The van der Waals surface area contributed by atoms with E-state index in [2.05, 4.69) is 19.2 Å². The molecule has 0 bridgehead atoms. The summed E-state index contributed by atoms with van der Waals surface area (Å²) in [5.41, 5.74) is 0. The molecule has 2 aliphatic carbocycles. The fourth-order valence-corrected chi connectivity index (χ4v) is 3.32. The van der Waals surface area contributed by atoms with E-state index >= 15 is 0 Å². The molecule has 2 saturated carbocycles. The highest BCUT2D eigenvalue weighted by Gasteiger charge is 2.31. The van der Waals surface area contributed by atoms with Gasteiger partial charge in [0, 0.05) is 6.04 Å². The van der Waals surface area contributed by atoms with E-state index in [1.54, 1.807) is 0 Å². The second-order valence-electron chi connectivity index (χ2n) is 5.76. The van der Waals surface area contributed by atoms with E-state index < -0.39 is 0 Å². The van der Waals surface area contributed by atoms with Crippen molar-refractivity contribution in [1.82, 2.24) is 5.32 Å².